The number of aliphatic hydroxyl groups is 9. The lowest BCUT2D eigenvalue weighted by molar-refractivity contribution is -0.270. The standard InChI is InChI=1S/C62H112N10O27/c1-38(76)70-50-56(88)53(85)41(32-73)97-59(50)94-26-11-5-8-20-64-47(82)35-91-29-23-67-44(79)14-17-62(63-4,18-15-45(80)68-24-30-92-36-48(83)65-21-9-6-12-27-95-60-51(71-39(2)77)57(89)54(86)42(33-74)98-60)19-16-46(81)69-25-31-93-37-49(84)66-22-10-7-13-28-96-61-52(72-40(3)78)58(90)55(87)43(34-75)99-61/h41-43,50-61,63,73-75,85-90H,5-37H2,1-4H3,(H,64,82)(H,65,83)(H,66,84)(H,67,79)(H,68,80)(H,69,81)(H,70,76)(H,71,77)(H,72,78)/t41-,42-,43-,50-,51-,52-,53+,54+,55+,56-,57-,58-,59-,60-,61-/m1/s1. The van der Waals surface area contributed by atoms with Crippen molar-refractivity contribution in [3.05, 3.63) is 0 Å². The number of hydrogen-bond acceptors (Lipinski definition) is 28. The highest BCUT2D eigenvalue weighted by Crippen LogP contribution is 2.28. The summed E-state index contributed by atoms with van der Waals surface area (Å²) in [6.45, 7) is 3.03. The fourth-order valence-electron chi connectivity index (χ4n) is 10.8. The van der Waals surface area contributed by atoms with E-state index in [9.17, 15) is 89.1 Å². The number of aliphatic hydroxyl groups excluding tert-OH is 9. The molecule has 0 aromatic rings. The number of carbonyl (C=O) groups is 9. The Balaban J connectivity index is 1.37. The molecule has 3 heterocycles. The Morgan fingerprint density at radius 1 is 0.354 bits per heavy atom. The van der Waals surface area contributed by atoms with Crippen LogP contribution >= 0.6 is 0 Å². The molecule has 0 radical (unpaired) electrons. The number of rotatable bonds is 52. The largest absolute Gasteiger partial charge is 0.394 e. The van der Waals surface area contributed by atoms with E-state index in [2.05, 4.69) is 53.2 Å². The van der Waals surface area contributed by atoms with Crippen molar-refractivity contribution < 1.29 is 132 Å². The number of ether oxygens (including phenoxy) is 9. The smallest absolute Gasteiger partial charge is 0.245 e. The molecule has 37 nitrogen and oxygen atoms in total. The predicted molar refractivity (Wildman–Crippen MR) is 346 cm³/mol. The molecular formula is C62H112N10O27. The molecular weight excluding hydrogens is 1320 g/mol. The summed E-state index contributed by atoms with van der Waals surface area (Å²) in [6, 6.07) is -3.15. The Kier molecular flexibility index (Phi) is 44.2. The van der Waals surface area contributed by atoms with E-state index in [0.717, 1.165) is 0 Å². The van der Waals surface area contributed by atoms with E-state index < -0.39 is 135 Å². The van der Waals surface area contributed by atoms with Crippen molar-refractivity contribution in [3.63, 3.8) is 0 Å². The van der Waals surface area contributed by atoms with Gasteiger partial charge < -0.3 is 142 Å². The first-order valence-corrected chi connectivity index (χ1v) is 33.9. The summed E-state index contributed by atoms with van der Waals surface area (Å²) in [5.41, 5.74) is -0.882. The molecule has 37 heteroatoms. The first-order valence-electron chi connectivity index (χ1n) is 33.9. The van der Waals surface area contributed by atoms with Crippen LogP contribution < -0.4 is 53.2 Å². The molecule has 99 heavy (non-hydrogen) atoms. The van der Waals surface area contributed by atoms with Gasteiger partial charge in [0.05, 0.1) is 39.6 Å². The van der Waals surface area contributed by atoms with E-state index in [0.29, 0.717) is 77.4 Å². The first-order chi connectivity index (χ1) is 47.4. The Morgan fingerprint density at radius 3 is 0.859 bits per heavy atom. The summed E-state index contributed by atoms with van der Waals surface area (Å²) in [4.78, 5) is 112. The minimum absolute atomic E-state index is 0.00784. The predicted octanol–water partition coefficient (Wildman–Crippen LogP) is -7.58. The second-order valence-electron chi connectivity index (χ2n) is 24.4. The van der Waals surface area contributed by atoms with Crippen molar-refractivity contribution in [3.8, 4) is 0 Å². The van der Waals surface area contributed by atoms with Crippen LogP contribution in [0.2, 0.25) is 0 Å². The molecule has 0 saturated carbocycles. The molecule has 0 aromatic carbocycles. The lowest BCUT2D eigenvalue weighted by atomic mass is 9.83. The average molecular weight is 1430 g/mol. The number of carbonyl (C=O) groups excluding carboxylic acids is 9. The van der Waals surface area contributed by atoms with Crippen molar-refractivity contribution in [2.45, 2.75) is 215 Å². The summed E-state index contributed by atoms with van der Waals surface area (Å²) in [7, 11) is 1.66. The maximum Gasteiger partial charge on any atom is 0.245 e. The van der Waals surface area contributed by atoms with Crippen molar-refractivity contribution in [2.24, 2.45) is 0 Å². The molecule has 19 N–H and O–H groups in total. The maximum absolute atomic E-state index is 13.1. The number of hydrogen-bond donors (Lipinski definition) is 19. The van der Waals surface area contributed by atoms with Crippen molar-refractivity contribution in [1.29, 1.82) is 0 Å². The molecule has 3 aliphatic heterocycles. The molecule has 0 aromatic heterocycles. The van der Waals surface area contributed by atoms with E-state index in [1.54, 1.807) is 7.05 Å². The van der Waals surface area contributed by atoms with Gasteiger partial charge in [0.25, 0.3) is 0 Å². The molecule has 0 unspecified atom stereocenters. The minimum atomic E-state index is -1.43. The monoisotopic (exact) mass is 1430 g/mol. The highest BCUT2D eigenvalue weighted by molar-refractivity contribution is 5.79. The molecule has 0 spiro atoms. The maximum atomic E-state index is 13.1. The van der Waals surface area contributed by atoms with E-state index in [-0.39, 0.29) is 153 Å². The molecule has 0 aliphatic carbocycles. The lowest BCUT2D eigenvalue weighted by Crippen LogP contribution is -2.64. The topological polar surface area (TPSA) is 539 Å². The fourth-order valence-corrected chi connectivity index (χ4v) is 10.8. The minimum Gasteiger partial charge on any atom is -0.394 e. The number of amides is 9. The van der Waals surface area contributed by atoms with Crippen LogP contribution in [-0.2, 0) is 85.8 Å². The molecule has 572 valence electrons. The van der Waals surface area contributed by atoms with Gasteiger partial charge in [-0.15, -0.1) is 0 Å². The second-order valence-corrected chi connectivity index (χ2v) is 24.4. The van der Waals surface area contributed by atoms with Crippen LogP contribution in [0.4, 0.5) is 0 Å². The highest BCUT2D eigenvalue weighted by Gasteiger charge is 2.48. The quantitative estimate of drug-likeness (QED) is 0.0252. The van der Waals surface area contributed by atoms with Crippen LogP contribution in [0.3, 0.4) is 0 Å². The van der Waals surface area contributed by atoms with E-state index in [1.165, 1.54) is 20.8 Å². The fraction of sp³-hybridized carbons (Fsp3) is 0.855. The Morgan fingerprint density at radius 2 is 0.616 bits per heavy atom. The summed E-state index contributed by atoms with van der Waals surface area (Å²) < 4.78 is 50.2. The van der Waals surface area contributed by atoms with Crippen molar-refractivity contribution >= 4 is 53.2 Å². The number of unbranched alkanes of at least 4 members (excludes halogenated alkanes) is 6. The van der Waals surface area contributed by atoms with Gasteiger partial charge in [0.2, 0.25) is 53.2 Å². The van der Waals surface area contributed by atoms with Gasteiger partial charge in [0, 0.05) is 105 Å². The van der Waals surface area contributed by atoms with Crippen LogP contribution in [0.25, 0.3) is 0 Å². The van der Waals surface area contributed by atoms with Crippen LogP contribution in [0.15, 0.2) is 0 Å². The number of nitrogens with one attached hydrogen (secondary N) is 10. The normalized spacial score (nSPS) is 25.4. The van der Waals surface area contributed by atoms with Gasteiger partial charge in [-0.2, -0.15) is 0 Å². The van der Waals surface area contributed by atoms with Gasteiger partial charge in [0.15, 0.2) is 18.9 Å². The SMILES string of the molecule is CNC(CCC(=O)NCCOCC(=O)NCCCCCO[C@@H]1O[C@H](CO)[C@H](O)[C@H](O)[C@H]1NC(C)=O)(CCC(=O)NCCOCC(=O)NCCCCCO[C@@H]1O[C@H](CO)[C@H](O)[C@H](O)[C@H]1NC(C)=O)CCC(=O)NCCOCC(=O)NCCCCCO[C@@H]1O[C@H](CO)[C@H](O)[C@H](O)[C@H]1NC(C)=O. The van der Waals surface area contributed by atoms with E-state index in [1.807, 2.05) is 0 Å². The van der Waals surface area contributed by atoms with E-state index >= 15 is 0 Å². The lowest BCUT2D eigenvalue weighted by Gasteiger charge is -2.42. The third kappa shape index (κ3) is 34.8. The Bertz CT molecular complexity index is 2130. The second kappa shape index (κ2) is 49.9. The molecule has 3 aliphatic rings. The van der Waals surface area contributed by atoms with Gasteiger partial charge in [-0.1, -0.05) is 0 Å². The van der Waals surface area contributed by atoms with Gasteiger partial charge >= 0.3 is 0 Å². The van der Waals surface area contributed by atoms with Crippen LogP contribution in [0, 0.1) is 0 Å². The molecule has 15 atom stereocenters. The van der Waals surface area contributed by atoms with Crippen molar-refractivity contribution in [2.75, 3.05) is 126 Å². The van der Waals surface area contributed by atoms with E-state index in [4.69, 9.17) is 42.6 Å². The first kappa shape index (κ1) is 87.7. The van der Waals surface area contributed by atoms with Crippen LogP contribution in [-0.4, -0.2) is 322 Å². The van der Waals surface area contributed by atoms with Crippen LogP contribution in [0.5, 0.6) is 0 Å². The average Bonchev–Trinajstić information content (AvgIpc) is 0.826. The molecule has 3 rings (SSSR count). The zero-order valence-corrected chi connectivity index (χ0v) is 57.4. The molecule has 3 saturated heterocycles. The van der Waals surface area contributed by atoms with Gasteiger partial charge in [-0.25, -0.2) is 0 Å². The molecule has 3 fully saturated rings. The third-order valence-electron chi connectivity index (χ3n) is 16.5. The summed E-state index contributed by atoms with van der Waals surface area (Å²) in [5, 5.41) is 118. The zero-order valence-electron chi connectivity index (χ0n) is 57.4. The van der Waals surface area contributed by atoms with Gasteiger partial charge in [-0.05, 0) is 84.1 Å². The van der Waals surface area contributed by atoms with Crippen molar-refractivity contribution in [1.82, 2.24) is 53.2 Å². The van der Waals surface area contributed by atoms with Crippen LogP contribution in [0.1, 0.15) is 117 Å². The Hall–Kier alpha value is -5.53. The third-order valence-corrected chi connectivity index (χ3v) is 16.5. The summed E-state index contributed by atoms with van der Waals surface area (Å²) in [6.07, 6.45) is -9.34. The van der Waals surface area contributed by atoms with Gasteiger partial charge in [0.1, 0.15) is 92.9 Å². The molecule has 0 bridgehead atoms. The zero-order chi connectivity index (χ0) is 73.1. The Labute approximate surface area is 576 Å². The molecule has 9 amide bonds. The highest BCUT2D eigenvalue weighted by atomic mass is 16.7. The summed E-state index contributed by atoms with van der Waals surface area (Å²) in [5.74, 6) is -3.58. The summed E-state index contributed by atoms with van der Waals surface area (Å²) >= 11 is 0. The van der Waals surface area contributed by atoms with Gasteiger partial charge in [-0.3, -0.25) is 43.2 Å².